The van der Waals surface area contributed by atoms with Crippen LogP contribution in [0.4, 0.5) is 14.5 Å². The quantitative estimate of drug-likeness (QED) is 0.876. The smallest absolute Gasteiger partial charge is 0.295 e. The van der Waals surface area contributed by atoms with Crippen LogP contribution in [0.15, 0.2) is 18.2 Å². The maximum atomic E-state index is 13.3. The number of hydrogen-bond donors (Lipinski definition) is 2. The molecule has 1 amide bonds. The van der Waals surface area contributed by atoms with Crippen LogP contribution in [0.1, 0.15) is 23.4 Å². The van der Waals surface area contributed by atoms with E-state index in [1.807, 2.05) is 6.92 Å². The van der Waals surface area contributed by atoms with E-state index >= 15 is 0 Å². The summed E-state index contributed by atoms with van der Waals surface area (Å²) in [7, 11) is 0. The van der Waals surface area contributed by atoms with Crippen LogP contribution < -0.4 is 5.32 Å². The van der Waals surface area contributed by atoms with Crippen molar-refractivity contribution in [3.8, 4) is 0 Å². The van der Waals surface area contributed by atoms with Gasteiger partial charge in [-0.25, -0.2) is 13.8 Å². The standard InChI is InChI=1S/C11H10F2N4O/c1-2-9-15-10(17-16-9)11(18)14-8-4-3-6(12)5-7(8)13/h3-5H,2H2,1H3,(H,14,18)(H,15,16,17). The number of aryl methyl sites for hydroxylation is 1. The zero-order valence-corrected chi connectivity index (χ0v) is 9.50. The van der Waals surface area contributed by atoms with Gasteiger partial charge < -0.3 is 5.32 Å². The van der Waals surface area contributed by atoms with Crippen molar-refractivity contribution in [1.29, 1.82) is 0 Å². The fourth-order valence-corrected chi connectivity index (χ4v) is 1.32. The number of halogens is 2. The molecule has 0 aliphatic carbocycles. The third-order valence-electron chi connectivity index (χ3n) is 2.25. The lowest BCUT2D eigenvalue weighted by molar-refractivity contribution is 0.101. The predicted molar refractivity (Wildman–Crippen MR) is 60.1 cm³/mol. The Kier molecular flexibility index (Phi) is 3.31. The summed E-state index contributed by atoms with van der Waals surface area (Å²) < 4.78 is 26.0. The highest BCUT2D eigenvalue weighted by Gasteiger charge is 2.14. The van der Waals surface area contributed by atoms with Crippen LogP contribution in [-0.2, 0) is 6.42 Å². The Bertz CT molecular complexity index is 582. The van der Waals surface area contributed by atoms with Gasteiger partial charge in [0.1, 0.15) is 17.5 Å². The first-order valence-electron chi connectivity index (χ1n) is 5.28. The molecule has 0 fully saturated rings. The van der Waals surface area contributed by atoms with Gasteiger partial charge in [-0.3, -0.25) is 9.89 Å². The highest BCUT2D eigenvalue weighted by molar-refractivity contribution is 6.01. The lowest BCUT2D eigenvalue weighted by Gasteiger charge is -2.03. The number of aromatic nitrogens is 3. The Labute approximate surface area is 101 Å². The second kappa shape index (κ2) is 4.91. The number of hydrogen-bond acceptors (Lipinski definition) is 3. The minimum Gasteiger partial charge on any atom is -0.317 e. The Morgan fingerprint density at radius 2 is 2.22 bits per heavy atom. The molecule has 7 heteroatoms. The van der Waals surface area contributed by atoms with Gasteiger partial charge in [-0.15, -0.1) is 5.10 Å². The molecule has 2 rings (SSSR count). The van der Waals surface area contributed by atoms with E-state index in [1.165, 1.54) is 0 Å². The van der Waals surface area contributed by atoms with Crippen LogP contribution in [0.2, 0.25) is 0 Å². The van der Waals surface area contributed by atoms with Crippen molar-refractivity contribution in [2.75, 3.05) is 5.32 Å². The first-order chi connectivity index (χ1) is 8.60. The highest BCUT2D eigenvalue weighted by Crippen LogP contribution is 2.15. The van der Waals surface area contributed by atoms with Crippen LogP contribution in [0.25, 0.3) is 0 Å². The van der Waals surface area contributed by atoms with E-state index in [2.05, 4.69) is 20.5 Å². The molecule has 1 aromatic heterocycles. The number of carbonyl (C=O) groups is 1. The summed E-state index contributed by atoms with van der Waals surface area (Å²) in [4.78, 5) is 15.6. The third-order valence-corrected chi connectivity index (χ3v) is 2.25. The number of H-pyrrole nitrogens is 1. The maximum absolute atomic E-state index is 13.3. The molecule has 0 spiro atoms. The second-order valence-corrected chi connectivity index (χ2v) is 3.54. The summed E-state index contributed by atoms with van der Waals surface area (Å²) in [5, 5.41) is 8.52. The Hall–Kier alpha value is -2.31. The lowest BCUT2D eigenvalue weighted by Crippen LogP contribution is -2.15. The minimum absolute atomic E-state index is 0.0874. The number of carbonyl (C=O) groups excluding carboxylic acids is 1. The van der Waals surface area contributed by atoms with Gasteiger partial charge >= 0.3 is 0 Å². The molecule has 0 unspecified atom stereocenters. The molecule has 0 aliphatic rings. The molecule has 1 heterocycles. The second-order valence-electron chi connectivity index (χ2n) is 3.54. The van der Waals surface area contributed by atoms with E-state index in [-0.39, 0.29) is 11.5 Å². The monoisotopic (exact) mass is 252 g/mol. The van der Waals surface area contributed by atoms with Crippen LogP contribution in [0.5, 0.6) is 0 Å². The Morgan fingerprint density at radius 1 is 1.44 bits per heavy atom. The van der Waals surface area contributed by atoms with Gasteiger partial charge in [-0.05, 0) is 12.1 Å². The Balaban J connectivity index is 2.16. The lowest BCUT2D eigenvalue weighted by atomic mass is 10.3. The van der Waals surface area contributed by atoms with Gasteiger partial charge in [0, 0.05) is 12.5 Å². The van der Waals surface area contributed by atoms with Crippen LogP contribution in [0.3, 0.4) is 0 Å². The number of amides is 1. The van der Waals surface area contributed by atoms with Crippen molar-refractivity contribution in [3.63, 3.8) is 0 Å². The van der Waals surface area contributed by atoms with Gasteiger partial charge in [0.25, 0.3) is 5.91 Å². The van der Waals surface area contributed by atoms with E-state index in [1.54, 1.807) is 0 Å². The summed E-state index contributed by atoms with van der Waals surface area (Å²) in [6, 6.07) is 2.87. The topological polar surface area (TPSA) is 70.7 Å². The molecule has 5 nitrogen and oxygen atoms in total. The van der Waals surface area contributed by atoms with Crippen LogP contribution >= 0.6 is 0 Å². The molecule has 2 N–H and O–H groups in total. The van der Waals surface area contributed by atoms with E-state index < -0.39 is 17.5 Å². The van der Waals surface area contributed by atoms with Crippen molar-refractivity contribution in [2.24, 2.45) is 0 Å². The molecule has 0 bridgehead atoms. The zero-order valence-electron chi connectivity index (χ0n) is 9.50. The maximum Gasteiger partial charge on any atom is 0.295 e. The van der Waals surface area contributed by atoms with Crippen molar-refractivity contribution in [3.05, 3.63) is 41.5 Å². The summed E-state index contributed by atoms with van der Waals surface area (Å²) in [6.07, 6.45) is 0.602. The van der Waals surface area contributed by atoms with Gasteiger partial charge in [-0.2, -0.15) is 0 Å². The zero-order chi connectivity index (χ0) is 13.1. The van der Waals surface area contributed by atoms with Gasteiger partial charge in [0.05, 0.1) is 5.69 Å². The molecule has 18 heavy (non-hydrogen) atoms. The molecule has 0 aliphatic heterocycles. The summed E-state index contributed by atoms with van der Waals surface area (Å²) in [5.74, 6) is -1.75. The predicted octanol–water partition coefficient (Wildman–Crippen LogP) is 1.90. The summed E-state index contributed by atoms with van der Waals surface area (Å²) >= 11 is 0. The van der Waals surface area contributed by atoms with E-state index in [0.717, 1.165) is 12.1 Å². The molecule has 0 saturated heterocycles. The van der Waals surface area contributed by atoms with Crippen molar-refractivity contribution >= 4 is 11.6 Å². The SMILES string of the molecule is CCc1nc(C(=O)Nc2ccc(F)cc2F)n[nH]1. The fourth-order valence-electron chi connectivity index (χ4n) is 1.32. The summed E-state index contributed by atoms with van der Waals surface area (Å²) in [6.45, 7) is 1.85. The fraction of sp³-hybridized carbons (Fsp3) is 0.182. The van der Waals surface area contributed by atoms with Crippen LogP contribution in [0, 0.1) is 11.6 Å². The number of rotatable bonds is 3. The third kappa shape index (κ3) is 2.50. The van der Waals surface area contributed by atoms with Crippen molar-refractivity contribution in [1.82, 2.24) is 15.2 Å². The first-order valence-corrected chi connectivity index (χ1v) is 5.28. The van der Waals surface area contributed by atoms with Gasteiger partial charge in [-0.1, -0.05) is 6.92 Å². The molecule has 0 atom stereocenters. The molecule has 2 aromatic rings. The number of aromatic amines is 1. The van der Waals surface area contributed by atoms with Gasteiger partial charge in [0.2, 0.25) is 5.82 Å². The summed E-state index contributed by atoms with van der Waals surface area (Å²) in [5.41, 5.74) is -0.121. The van der Waals surface area contributed by atoms with E-state index in [4.69, 9.17) is 0 Å². The van der Waals surface area contributed by atoms with E-state index in [0.29, 0.717) is 18.3 Å². The normalized spacial score (nSPS) is 10.4. The van der Waals surface area contributed by atoms with E-state index in [9.17, 15) is 13.6 Å². The highest BCUT2D eigenvalue weighted by atomic mass is 19.1. The molecule has 0 radical (unpaired) electrons. The average Bonchev–Trinajstić information content (AvgIpc) is 2.81. The molecular formula is C11H10F2N4O. The Morgan fingerprint density at radius 3 is 2.83 bits per heavy atom. The number of nitrogens with one attached hydrogen (secondary N) is 2. The van der Waals surface area contributed by atoms with Crippen molar-refractivity contribution in [2.45, 2.75) is 13.3 Å². The van der Waals surface area contributed by atoms with Crippen molar-refractivity contribution < 1.29 is 13.6 Å². The molecule has 0 saturated carbocycles. The molecule has 1 aromatic carbocycles. The first kappa shape index (κ1) is 12.2. The molecular weight excluding hydrogens is 242 g/mol. The number of benzene rings is 1. The average molecular weight is 252 g/mol. The van der Waals surface area contributed by atoms with Gasteiger partial charge in [0.15, 0.2) is 0 Å². The number of nitrogens with zero attached hydrogens (tertiary/aromatic N) is 2. The van der Waals surface area contributed by atoms with Crippen LogP contribution in [-0.4, -0.2) is 21.1 Å². The largest absolute Gasteiger partial charge is 0.317 e. The molecule has 94 valence electrons. The minimum atomic E-state index is -0.852. The number of anilines is 1.